The zero-order valence-electron chi connectivity index (χ0n) is 12.2. The number of hydrogen-bond acceptors (Lipinski definition) is 3. The summed E-state index contributed by atoms with van der Waals surface area (Å²) in [7, 11) is 5.81. The fourth-order valence-electron chi connectivity index (χ4n) is 3.18. The molecule has 0 aromatic heterocycles. The Bertz CT molecular complexity index is 419. The highest BCUT2D eigenvalue weighted by Gasteiger charge is 2.40. The number of benzene rings is 1. The van der Waals surface area contributed by atoms with E-state index in [1.807, 2.05) is 24.3 Å². The van der Waals surface area contributed by atoms with Gasteiger partial charge in [-0.05, 0) is 44.6 Å². The first-order valence-electron chi connectivity index (χ1n) is 7.08. The molecular formula is C16H25NO2. The first-order valence-corrected chi connectivity index (χ1v) is 7.08. The minimum Gasteiger partial charge on any atom is -0.497 e. The van der Waals surface area contributed by atoms with E-state index in [0.29, 0.717) is 5.92 Å². The number of nitrogens with zero attached hydrogens (tertiary/aromatic N) is 1. The lowest BCUT2D eigenvalue weighted by molar-refractivity contribution is -0.0619. The maximum atomic E-state index is 11.2. The molecule has 0 saturated heterocycles. The van der Waals surface area contributed by atoms with Gasteiger partial charge in [-0.15, -0.1) is 0 Å². The van der Waals surface area contributed by atoms with Gasteiger partial charge in [-0.25, -0.2) is 0 Å². The summed E-state index contributed by atoms with van der Waals surface area (Å²) < 4.78 is 5.29. The summed E-state index contributed by atoms with van der Waals surface area (Å²) in [4.78, 5) is 2.17. The third-order valence-electron chi connectivity index (χ3n) is 4.19. The molecule has 1 aromatic rings. The largest absolute Gasteiger partial charge is 0.497 e. The van der Waals surface area contributed by atoms with E-state index in [0.717, 1.165) is 37.1 Å². The van der Waals surface area contributed by atoms with E-state index in [9.17, 15) is 5.11 Å². The lowest BCUT2D eigenvalue weighted by Gasteiger charge is -2.41. The van der Waals surface area contributed by atoms with Gasteiger partial charge in [0.1, 0.15) is 5.75 Å². The third-order valence-corrected chi connectivity index (χ3v) is 4.19. The highest BCUT2D eigenvalue weighted by molar-refractivity contribution is 5.33. The molecular weight excluding hydrogens is 239 g/mol. The molecule has 1 saturated carbocycles. The molecule has 106 valence electrons. The fourth-order valence-corrected chi connectivity index (χ4v) is 3.18. The molecule has 0 aliphatic heterocycles. The molecule has 2 unspecified atom stereocenters. The van der Waals surface area contributed by atoms with Crippen LogP contribution >= 0.6 is 0 Å². The molecule has 2 atom stereocenters. The molecule has 1 aliphatic carbocycles. The second-order valence-electron chi connectivity index (χ2n) is 5.86. The second-order valence-corrected chi connectivity index (χ2v) is 5.86. The quantitative estimate of drug-likeness (QED) is 0.849. The summed E-state index contributed by atoms with van der Waals surface area (Å²) in [5, 5.41) is 11.2. The maximum Gasteiger partial charge on any atom is 0.119 e. The van der Waals surface area contributed by atoms with Crippen molar-refractivity contribution in [1.82, 2.24) is 4.90 Å². The fraction of sp³-hybridized carbons (Fsp3) is 0.625. The molecule has 3 nitrogen and oxygen atoms in total. The summed E-state index contributed by atoms with van der Waals surface area (Å²) in [6.07, 6.45) is 4.24. The molecule has 1 aromatic carbocycles. The van der Waals surface area contributed by atoms with E-state index in [1.54, 1.807) is 7.11 Å². The normalized spacial score (nSPS) is 27.5. The number of rotatable bonds is 4. The van der Waals surface area contributed by atoms with Crippen molar-refractivity contribution in [3.8, 4) is 5.75 Å². The van der Waals surface area contributed by atoms with E-state index >= 15 is 0 Å². The van der Waals surface area contributed by atoms with E-state index in [2.05, 4.69) is 19.0 Å². The summed E-state index contributed by atoms with van der Waals surface area (Å²) in [5.74, 6) is 1.11. The standard InChI is InChI=1S/C16H25NO2/c1-17(2)12-14-7-4-5-10-16(14,18)13-8-6-9-15(11-13)19-3/h6,8-9,11,14,18H,4-5,7,10,12H2,1-3H3/i3+1. The van der Waals surface area contributed by atoms with Crippen LogP contribution in [0.15, 0.2) is 24.3 Å². The highest BCUT2D eigenvalue weighted by atomic mass is 16.5. The lowest BCUT2D eigenvalue weighted by Crippen LogP contribution is -2.43. The maximum absolute atomic E-state index is 11.2. The van der Waals surface area contributed by atoms with E-state index in [1.165, 1.54) is 6.42 Å². The Kier molecular flexibility index (Phi) is 4.48. The Morgan fingerprint density at radius 1 is 1.37 bits per heavy atom. The van der Waals surface area contributed by atoms with Crippen LogP contribution in [0.5, 0.6) is 5.75 Å². The van der Waals surface area contributed by atoms with Crippen molar-refractivity contribution in [3.05, 3.63) is 29.8 Å². The van der Waals surface area contributed by atoms with Gasteiger partial charge in [0, 0.05) is 12.5 Å². The highest BCUT2D eigenvalue weighted by Crippen LogP contribution is 2.42. The van der Waals surface area contributed by atoms with Crippen molar-refractivity contribution >= 4 is 0 Å². The predicted octanol–water partition coefficient (Wildman–Crippen LogP) is 2.63. The summed E-state index contributed by atoms with van der Waals surface area (Å²) >= 11 is 0. The van der Waals surface area contributed by atoms with E-state index in [4.69, 9.17) is 4.74 Å². The van der Waals surface area contributed by atoms with Gasteiger partial charge in [0.2, 0.25) is 0 Å². The zero-order valence-corrected chi connectivity index (χ0v) is 12.2. The van der Waals surface area contributed by atoms with E-state index < -0.39 is 5.60 Å². The number of aliphatic hydroxyl groups is 1. The van der Waals surface area contributed by atoms with Crippen LogP contribution in [-0.2, 0) is 5.60 Å². The summed E-state index contributed by atoms with van der Waals surface area (Å²) in [6, 6.07) is 7.90. The Morgan fingerprint density at radius 3 is 2.84 bits per heavy atom. The summed E-state index contributed by atoms with van der Waals surface area (Å²) in [5.41, 5.74) is 0.287. The Morgan fingerprint density at radius 2 is 2.16 bits per heavy atom. The molecule has 1 N–H and O–H groups in total. The van der Waals surface area contributed by atoms with Gasteiger partial charge in [-0.2, -0.15) is 0 Å². The number of ether oxygens (including phenoxy) is 1. The monoisotopic (exact) mass is 264 g/mol. The smallest absolute Gasteiger partial charge is 0.119 e. The van der Waals surface area contributed by atoms with Crippen LogP contribution in [0.2, 0.25) is 0 Å². The first kappa shape index (κ1) is 14.4. The molecule has 19 heavy (non-hydrogen) atoms. The van der Waals surface area contributed by atoms with Gasteiger partial charge in [-0.3, -0.25) is 0 Å². The number of hydrogen-bond donors (Lipinski definition) is 1. The summed E-state index contributed by atoms with van der Waals surface area (Å²) in [6.45, 7) is 0.924. The third kappa shape index (κ3) is 3.10. The molecule has 0 spiro atoms. The predicted molar refractivity (Wildman–Crippen MR) is 77.4 cm³/mol. The van der Waals surface area contributed by atoms with Crippen molar-refractivity contribution in [1.29, 1.82) is 0 Å². The molecule has 3 heteroatoms. The van der Waals surface area contributed by atoms with Gasteiger partial charge in [0.15, 0.2) is 0 Å². The molecule has 0 heterocycles. The molecule has 1 fully saturated rings. The van der Waals surface area contributed by atoms with Crippen molar-refractivity contribution in [2.24, 2.45) is 5.92 Å². The Hall–Kier alpha value is -1.06. The first-order chi connectivity index (χ1) is 9.06. The SMILES string of the molecule is CN(C)CC1CCCCC1(O)c1cccc(O[13CH3])c1. The van der Waals surface area contributed by atoms with Crippen LogP contribution in [0.3, 0.4) is 0 Å². The van der Waals surface area contributed by atoms with Crippen LogP contribution in [0, 0.1) is 5.92 Å². The van der Waals surface area contributed by atoms with Crippen LogP contribution < -0.4 is 4.74 Å². The van der Waals surface area contributed by atoms with Crippen LogP contribution in [0.4, 0.5) is 0 Å². The van der Waals surface area contributed by atoms with Gasteiger partial charge >= 0.3 is 0 Å². The van der Waals surface area contributed by atoms with Gasteiger partial charge in [0.25, 0.3) is 0 Å². The van der Waals surface area contributed by atoms with E-state index in [-0.39, 0.29) is 0 Å². The second kappa shape index (κ2) is 5.93. The van der Waals surface area contributed by atoms with Crippen molar-refractivity contribution < 1.29 is 9.84 Å². The zero-order chi connectivity index (χ0) is 13.9. The molecule has 0 radical (unpaired) electrons. The Balaban J connectivity index is 2.30. The minimum absolute atomic E-state index is 0.295. The van der Waals surface area contributed by atoms with Gasteiger partial charge < -0.3 is 14.7 Å². The van der Waals surface area contributed by atoms with Crippen molar-refractivity contribution in [2.75, 3.05) is 27.7 Å². The topological polar surface area (TPSA) is 32.7 Å². The average Bonchev–Trinajstić information content (AvgIpc) is 2.41. The van der Waals surface area contributed by atoms with Gasteiger partial charge in [-0.1, -0.05) is 25.0 Å². The van der Waals surface area contributed by atoms with Crippen LogP contribution in [0.25, 0.3) is 0 Å². The van der Waals surface area contributed by atoms with Crippen LogP contribution in [-0.4, -0.2) is 37.8 Å². The number of methoxy groups -OCH3 is 1. The Labute approximate surface area is 116 Å². The van der Waals surface area contributed by atoms with Crippen molar-refractivity contribution in [2.45, 2.75) is 31.3 Å². The molecule has 1 aliphatic rings. The molecule has 0 bridgehead atoms. The lowest BCUT2D eigenvalue weighted by atomic mass is 9.71. The van der Waals surface area contributed by atoms with Gasteiger partial charge in [0.05, 0.1) is 12.7 Å². The molecule has 0 amide bonds. The van der Waals surface area contributed by atoms with Crippen molar-refractivity contribution in [3.63, 3.8) is 0 Å². The minimum atomic E-state index is -0.711. The molecule has 2 rings (SSSR count). The van der Waals surface area contributed by atoms with Crippen LogP contribution in [0.1, 0.15) is 31.2 Å². The average molecular weight is 264 g/mol.